The lowest BCUT2D eigenvalue weighted by molar-refractivity contribution is -0.144. The summed E-state index contributed by atoms with van der Waals surface area (Å²) >= 11 is 0. The number of amides is 9. The standard InChI is InChI=1S/C47H71N11O13/c1-4-24(2)40-45(69)51-20-38(64)53-31-11-9-10-30-29(28-13-12-26(60)16-32(28)52-30)18-33(42(66)50-21-39(65)56-40)54-46(70)41(25(3)36(62)23-59)57-44(68)35-17-27(61)22-58(35)47(71)34(55-43(31)67)19-37(63)49-15-8-6-5-7-14-48/h12-13,16,24-25,27,31,33-36,40-41,52,59-62H,4-11,14-15,17-23,48H2,1-3H3,(H,49,63)(H,50,66)(H,51,69)(H,53,64)(H,54,70)(H,55,67)(H,56,65)(H,57,68)/t24-,25-,27?,31?,33?,34?,35-,36-,40-,41-/m0/s1. The van der Waals surface area contributed by atoms with E-state index in [-0.39, 0.29) is 44.4 Å². The molecule has 1 aromatic heterocycles. The minimum Gasteiger partial charge on any atom is -0.508 e. The number of fused-ring (bicyclic) bond motifs is 6. The lowest BCUT2D eigenvalue weighted by atomic mass is 9.93. The lowest BCUT2D eigenvalue weighted by Gasteiger charge is -2.32. The molecule has 0 saturated carbocycles. The maximum absolute atomic E-state index is 14.7. The van der Waals surface area contributed by atoms with E-state index < -0.39 is 146 Å². The quantitative estimate of drug-likeness (QED) is 0.0865. The van der Waals surface area contributed by atoms with Crippen molar-refractivity contribution in [3.8, 4) is 5.75 Å². The summed E-state index contributed by atoms with van der Waals surface area (Å²) in [6, 6.07) is -4.58. The first-order valence-electron chi connectivity index (χ1n) is 24.5. The van der Waals surface area contributed by atoms with Crippen LogP contribution in [0.4, 0.5) is 0 Å². The van der Waals surface area contributed by atoms with Crippen molar-refractivity contribution in [2.24, 2.45) is 17.6 Å². The summed E-state index contributed by atoms with van der Waals surface area (Å²) < 4.78 is 0. The van der Waals surface area contributed by atoms with Crippen molar-refractivity contribution >= 4 is 64.1 Å². The molecule has 1 saturated heterocycles. The summed E-state index contributed by atoms with van der Waals surface area (Å²) in [4.78, 5) is 131. The van der Waals surface area contributed by atoms with Crippen LogP contribution in [0.3, 0.4) is 0 Å². The highest BCUT2D eigenvalue weighted by Gasteiger charge is 2.45. The third kappa shape index (κ3) is 15.1. The van der Waals surface area contributed by atoms with E-state index in [9.17, 15) is 63.6 Å². The number of aromatic nitrogens is 1. The average Bonchev–Trinajstić information content (AvgIpc) is 3.90. The van der Waals surface area contributed by atoms with Crippen LogP contribution >= 0.6 is 0 Å². The van der Waals surface area contributed by atoms with Crippen molar-refractivity contribution in [1.29, 1.82) is 0 Å². The highest BCUT2D eigenvalue weighted by Crippen LogP contribution is 2.29. The number of aliphatic hydroxyl groups is 3. The van der Waals surface area contributed by atoms with E-state index in [0.29, 0.717) is 41.5 Å². The van der Waals surface area contributed by atoms with Crippen LogP contribution < -0.4 is 48.3 Å². The largest absolute Gasteiger partial charge is 0.508 e. The lowest BCUT2D eigenvalue weighted by Crippen LogP contribution is -2.61. The monoisotopic (exact) mass is 998 g/mol. The minimum atomic E-state index is -1.71. The van der Waals surface area contributed by atoms with E-state index in [1.165, 1.54) is 19.1 Å². The topological polar surface area (TPSA) is 376 Å². The number of unbranched alkanes of at least 4 members (excludes halogenated alkanes) is 3. The van der Waals surface area contributed by atoms with Crippen LogP contribution in [0, 0.1) is 11.8 Å². The Morgan fingerprint density at radius 1 is 0.845 bits per heavy atom. The number of hydrogen-bond acceptors (Lipinski definition) is 14. The van der Waals surface area contributed by atoms with Gasteiger partial charge in [-0.1, -0.05) is 40.0 Å². The van der Waals surface area contributed by atoms with E-state index in [1.54, 1.807) is 19.9 Å². The van der Waals surface area contributed by atoms with Crippen LogP contribution in [-0.4, -0.2) is 171 Å². The zero-order chi connectivity index (χ0) is 51.9. The first-order chi connectivity index (χ1) is 33.8. The first kappa shape index (κ1) is 55.6. The van der Waals surface area contributed by atoms with Crippen molar-refractivity contribution in [3.05, 3.63) is 29.5 Å². The third-order valence-corrected chi connectivity index (χ3v) is 13.5. The Kier molecular flexibility index (Phi) is 20.5. The van der Waals surface area contributed by atoms with Crippen LogP contribution in [0.1, 0.15) is 89.8 Å². The van der Waals surface area contributed by atoms with Gasteiger partial charge in [-0.25, -0.2) is 0 Å². The molecule has 71 heavy (non-hydrogen) atoms. The molecule has 24 heteroatoms. The Morgan fingerprint density at radius 2 is 1.55 bits per heavy atom. The zero-order valence-corrected chi connectivity index (χ0v) is 40.5. The minimum absolute atomic E-state index is 0.0979. The molecule has 1 aromatic carbocycles. The summed E-state index contributed by atoms with van der Waals surface area (Å²) in [6.45, 7) is 2.95. The van der Waals surface area contributed by atoms with Gasteiger partial charge in [0.25, 0.3) is 0 Å². The highest BCUT2D eigenvalue weighted by atomic mass is 16.3. The molecule has 9 amide bonds. The Balaban J connectivity index is 1.65. The van der Waals surface area contributed by atoms with Gasteiger partial charge < -0.3 is 78.6 Å². The highest BCUT2D eigenvalue weighted by molar-refractivity contribution is 6.00. The smallest absolute Gasteiger partial charge is 0.246 e. The molecule has 0 spiro atoms. The van der Waals surface area contributed by atoms with Gasteiger partial charge in [-0.2, -0.15) is 0 Å². The number of nitrogens with two attached hydrogens (primary N) is 1. The van der Waals surface area contributed by atoms with Crippen LogP contribution in [0.25, 0.3) is 10.9 Å². The molecular weight excluding hydrogens is 927 g/mol. The number of H-pyrrole nitrogens is 1. The second kappa shape index (κ2) is 26.2. The van der Waals surface area contributed by atoms with Gasteiger partial charge in [0.15, 0.2) is 0 Å². The zero-order valence-electron chi connectivity index (χ0n) is 40.5. The van der Waals surface area contributed by atoms with E-state index in [1.807, 2.05) is 0 Å². The van der Waals surface area contributed by atoms with Gasteiger partial charge in [0, 0.05) is 54.5 Å². The number of rotatable bonds is 13. The predicted octanol–water partition coefficient (Wildman–Crippen LogP) is -3.56. The number of aromatic amines is 1. The van der Waals surface area contributed by atoms with Gasteiger partial charge >= 0.3 is 0 Å². The number of nitrogens with one attached hydrogen (secondary N) is 9. The number of aliphatic hydroxyl groups excluding tert-OH is 3. The van der Waals surface area contributed by atoms with Gasteiger partial charge in [-0.3, -0.25) is 43.2 Å². The molecular formula is C47H71N11O13. The molecule has 24 nitrogen and oxygen atoms in total. The Bertz CT molecular complexity index is 2260. The number of phenols is 1. The van der Waals surface area contributed by atoms with Gasteiger partial charge in [0.1, 0.15) is 42.0 Å². The molecule has 3 aliphatic rings. The van der Waals surface area contributed by atoms with Gasteiger partial charge in [-0.05, 0) is 62.3 Å². The molecule has 4 heterocycles. The van der Waals surface area contributed by atoms with Crippen LogP contribution in [-0.2, 0) is 56.0 Å². The van der Waals surface area contributed by atoms with E-state index in [4.69, 9.17) is 5.73 Å². The maximum Gasteiger partial charge on any atom is 0.246 e. The molecule has 4 unspecified atom stereocenters. The number of nitrogens with zero attached hydrogens (tertiary/aromatic N) is 1. The van der Waals surface area contributed by atoms with Crippen molar-refractivity contribution in [1.82, 2.24) is 52.4 Å². The molecule has 1 fully saturated rings. The second-order valence-corrected chi connectivity index (χ2v) is 18.8. The Labute approximate surface area is 411 Å². The molecule has 2 aromatic rings. The fraction of sp³-hybridized carbons (Fsp3) is 0.638. The summed E-state index contributed by atoms with van der Waals surface area (Å²) in [6.07, 6.45) is -0.616. The Hall–Kier alpha value is -6.37. The fourth-order valence-electron chi connectivity index (χ4n) is 9.07. The molecule has 2 bridgehead atoms. The fourth-order valence-corrected chi connectivity index (χ4v) is 9.07. The van der Waals surface area contributed by atoms with Crippen molar-refractivity contribution in [2.75, 3.05) is 39.3 Å². The van der Waals surface area contributed by atoms with Crippen molar-refractivity contribution < 1.29 is 63.6 Å². The molecule has 15 N–H and O–H groups in total. The van der Waals surface area contributed by atoms with Gasteiger partial charge in [0.05, 0.1) is 38.3 Å². The maximum atomic E-state index is 14.7. The molecule has 10 atom stereocenters. The van der Waals surface area contributed by atoms with E-state index in [0.717, 1.165) is 24.2 Å². The number of carbonyl (C=O) groups is 9. The summed E-state index contributed by atoms with van der Waals surface area (Å²) in [7, 11) is 0. The summed E-state index contributed by atoms with van der Waals surface area (Å²) in [5.41, 5.74) is 6.98. The van der Waals surface area contributed by atoms with Crippen LogP contribution in [0.2, 0.25) is 0 Å². The third-order valence-electron chi connectivity index (χ3n) is 13.5. The SMILES string of the molecule is CC[C@H](C)[C@@H]1NC(=O)CNC(=O)C2Cc3c([nH]c4cc(O)ccc34)CCCC(NC(=O)CNC1=O)C(=O)NC(CC(=O)NCCCCCCN)C(=O)N1CC(O)C[C@H]1C(=O)N[C@@H]([C@@H](C)[C@@H](O)CO)C(=O)N2. The second-order valence-electron chi connectivity index (χ2n) is 18.8. The molecule has 5 rings (SSSR count). The predicted molar refractivity (Wildman–Crippen MR) is 255 cm³/mol. The van der Waals surface area contributed by atoms with E-state index >= 15 is 0 Å². The van der Waals surface area contributed by atoms with Crippen LogP contribution in [0.5, 0.6) is 5.75 Å². The number of carbonyl (C=O) groups excluding carboxylic acids is 9. The molecule has 0 radical (unpaired) electrons. The molecule has 3 aliphatic heterocycles. The molecule has 392 valence electrons. The van der Waals surface area contributed by atoms with Crippen molar-refractivity contribution in [2.45, 2.75) is 140 Å². The van der Waals surface area contributed by atoms with E-state index in [2.05, 4.69) is 47.5 Å². The number of aromatic hydroxyl groups is 1. The van der Waals surface area contributed by atoms with Crippen molar-refractivity contribution in [3.63, 3.8) is 0 Å². The number of phenolic OH excluding ortho intramolecular Hbond substituents is 1. The summed E-state index contributed by atoms with van der Waals surface area (Å²) in [5, 5.41) is 63.6. The average molecular weight is 998 g/mol. The van der Waals surface area contributed by atoms with Gasteiger partial charge in [0.2, 0.25) is 53.2 Å². The van der Waals surface area contributed by atoms with Gasteiger partial charge in [-0.15, -0.1) is 0 Å². The summed E-state index contributed by atoms with van der Waals surface area (Å²) in [5.74, 6) is -9.59. The number of benzene rings is 1. The number of aryl methyl sites for hydroxylation is 1. The Morgan fingerprint density at radius 3 is 2.25 bits per heavy atom. The first-order valence-corrected chi connectivity index (χ1v) is 24.5. The number of hydrogen-bond donors (Lipinski definition) is 14. The normalized spacial score (nSPS) is 26.0. The molecule has 0 aliphatic carbocycles. The van der Waals surface area contributed by atoms with Crippen LogP contribution in [0.15, 0.2) is 18.2 Å².